The molecule has 2 aliphatic rings. The first-order valence-electron chi connectivity index (χ1n) is 11.9. The quantitative estimate of drug-likeness (QED) is 0.274. The highest BCUT2D eigenvalue weighted by atomic mass is 16.6. The van der Waals surface area contributed by atoms with E-state index in [9.17, 15) is 9.59 Å². The van der Waals surface area contributed by atoms with Gasteiger partial charge in [-0.05, 0) is 71.9 Å². The highest BCUT2D eigenvalue weighted by Gasteiger charge is 2.13. The van der Waals surface area contributed by atoms with Crippen LogP contribution in [0.15, 0.2) is 96.1 Å². The maximum atomic E-state index is 12.2. The van der Waals surface area contributed by atoms with E-state index in [2.05, 4.69) is 36.4 Å². The van der Waals surface area contributed by atoms with Gasteiger partial charge in [0.05, 0.1) is 0 Å². The van der Waals surface area contributed by atoms with Crippen LogP contribution in [0.25, 0.3) is 11.1 Å². The number of hydrogen-bond acceptors (Lipinski definition) is 4. The van der Waals surface area contributed by atoms with Crippen molar-refractivity contribution in [1.29, 1.82) is 0 Å². The molecule has 0 bridgehead atoms. The predicted molar refractivity (Wildman–Crippen MR) is 135 cm³/mol. The molecule has 0 atom stereocenters. The molecule has 2 aromatic rings. The Kier molecular flexibility index (Phi) is 8.28. The van der Waals surface area contributed by atoms with Crippen LogP contribution in [0.5, 0.6) is 0 Å². The molecule has 0 fully saturated rings. The molecular formula is C30H30O4. The number of benzene rings is 2. The lowest BCUT2D eigenvalue weighted by Crippen LogP contribution is -2.12. The normalized spacial score (nSPS) is 18.2. The van der Waals surface area contributed by atoms with Crippen molar-refractivity contribution >= 4 is 23.1 Å². The van der Waals surface area contributed by atoms with Crippen LogP contribution in [-0.2, 0) is 19.1 Å². The summed E-state index contributed by atoms with van der Waals surface area (Å²) in [6, 6.07) is 20.4. The second-order valence-corrected chi connectivity index (χ2v) is 8.55. The Balaban J connectivity index is 1.24. The standard InChI is InChI=1S/C30H30O4/c31-29(21-23-9-7-15-27(19-23)25-11-3-1-4-12-25)33-17-18-34-30(32)22-24-10-8-16-28(20-24)26-13-5-2-6-14-26/h1-6,11-14,19-22H,7-10,15-18H2/b23-21+,24-22+. The Bertz CT molecular complexity index is 1030. The molecule has 0 saturated heterocycles. The largest absolute Gasteiger partial charge is 0.459 e. The zero-order chi connectivity index (χ0) is 23.6. The fourth-order valence-electron chi connectivity index (χ4n) is 4.36. The van der Waals surface area contributed by atoms with Gasteiger partial charge in [-0.1, -0.05) is 72.8 Å². The minimum absolute atomic E-state index is 0.0396. The van der Waals surface area contributed by atoms with Crippen LogP contribution in [-0.4, -0.2) is 25.2 Å². The third-order valence-corrected chi connectivity index (χ3v) is 6.01. The van der Waals surface area contributed by atoms with Gasteiger partial charge in [0.25, 0.3) is 0 Å². The van der Waals surface area contributed by atoms with Gasteiger partial charge in [-0.3, -0.25) is 0 Å². The van der Waals surface area contributed by atoms with Crippen molar-refractivity contribution < 1.29 is 19.1 Å². The first-order valence-corrected chi connectivity index (χ1v) is 11.9. The average molecular weight is 455 g/mol. The van der Waals surface area contributed by atoms with E-state index in [0.717, 1.165) is 49.7 Å². The van der Waals surface area contributed by atoms with Crippen molar-refractivity contribution in [3.63, 3.8) is 0 Å². The third-order valence-electron chi connectivity index (χ3n) is 6.01. The molecule has 0 saturated carbocycles. The second-order valence-electron chi connectivity index (χ2n) is 8.55. The van der Waals surface area contributed by atoms with Gasteiger partial charge in [-0.25, -0.2) is 9.59 Å². The fraction of sp³-hybridized carbons (Fsp3) is 0.267. The van der Waals surface area contributed by atoms with Crippen LogP contribution in [0, 0.1) is 0 Å². The van der Waals surface area contributed by atoms with E-state index in [-0.39, 0.29) is 13.2 Å². The summed E-state index contributed by atoms with van der Waals surface area (Å²) < 4.78 is 10.5. The van der Waals surface area contributed by atoms with Crippen molar-refractivity contribution in [2.24, 2.45) is 0 Å². The molecule has 0 amide bonds. The predicted octanol–water partition coefficient (Wildman–Crippen LogP) is 6.46. The van der Waals surface area contributed by atoms with Gasteiger partial charge in [0.1, 0.15) is 13.2 Å². The van der Waals surface area contributed by atoms with Gasteiger partial charge in [0, 0.05) is 12.2 Å². The molecule has 4 nitrogen and oxygen atoms in total. The third kappa shape index (κ3) is 6.92. The van der Waals surface area contributed by atoms with E-state index in [1.165, 1.54) is 22.3 Å². The summed E-state index contributed by atoms with van der Waals surface area (Å²) >= 11 is 0. The number of allylic oxidation sites excluding steroid dienone is 6. The summed E-state index contributed by atoms with van der Waals surface area (Å²) in [6.45, 7) is 0.0791. The maximum absolute atomic E-state index is 12.2. The molecule has 0 aliphatic heterocycles. The van der Waals surface area contributed by atoms with Crippen LogP contribution in [0.1, 0.15) is 49.7 Å². The topological polar surface area (TPSA) is 52.6 Å². The first kappa shape index (κ1) is 23.5. The molecule has 2 aliphatic carbocycles. The zero-order valence-electron chi connectivity index (χ0n) is 19.4. The summed E-state index contributed by atoms with van der Waals surface area (Å²) in [6.07, 6.45) is 13.0. The molecule has 0 spiro atoms. The van der Waals surface area contributed by atoms with E-state index < -0.39 is 11.9 Å². The minimum atomic E-state index is -0.405. The molecular weight excluding hydrogens is 424 g/mol. The van der Waals surface area contributed by atoms with E-state index in [1.807, 2.05) is 36.4 Å². The molecule has 0 unspecified atom stereocenters. The number of rotatable bonds is 7. The van der Waals surface area contributed by atoms with E-state index >= 15 is 0 Å². The Hall–Kier alpha value is -3.66. The zero-order valence-corrected chi connectivity index (χ0v) is 19.4. The number of carbonyl (C=O) groups excluding carboxylic acids is 2. The van der Waals surface area contributed by atoms with E-state index in [0.29, 0.717) is 0 Å². The average Bonchev–Trinajstić information content (AvgIpc) is 2.88. The summed E-state index contributed by atoms with van der Waals surface area (Å²) in [5, 5.41) is 0. The van der Waals surface area contributed by atoms with Gasteiger partial charge in [0.15, 0.2) is 0 Å². The van der Waals surface area contributed by atoms with Gasteiger partial charge in [-0.15, -0.1) is 0 Å². The van der Waals surface area contributed by atoms with Gasteiger partial charge >= 0.3 is 11.9 Å². The molecule has 174 valence electrons. The Morgan fingerprint density at radius 2 is 1.03 bits per heavy atom. The number of hydrogen-bond donors (Lipinski definition) is 0. The van der Waals surface area contributed by atoms with Crippen LogP contribution in [0.3, 0.4) is 0 Å². The van der Waals surface area contributed by atoms with Crippen LogP contribution >= 0.6 is 0 Å². The first-order chi connectivity index (χ1) is 16.7. The molecule has 2 aromatic carbocycles. The summed E-state index contributed by atoms with van der Waals surface area (Å²) in [5.74, 6) is -0.810. The van der Waals surface area contributed by atoms with E-state index in [1.54, 1.807) is 12.2 Å². The van der Waals surface area contributed by atoms with Crippen molar-refractivity contribution in [3.8, 4) is 0 Å². The van der Waals surface area contributed by atoms with Crippen LogP contribution < -0.4 is 0 Å². The Morgan fingerprint density at radius 3 is 1.44 bits per heavy atom. The molecule has 4 rings (SSSR count). The molecule has 4 heteroatoms. The molecule has 0 radical (unpaired) electrons. The molecule has 34 heavy (non-hydrogen) atoms. The molecule has 0 aromatic heterocycles. The SMILES string of the molecule is O=C(/C=C1/C=C(c2ccccc2)CCC1)OCCOC(=O)/C=C1/C=C(c2ccccc2)CCC1. The monoisotopic (exact) mass is 454 g/mol. The van der Waals surface area contributed by atoms with Gasteiger partial charge in [0.2, 0.25) is 0 Å². The minimum Gasteiger partial charge on any atom is -0.459 e. The van der Waals surface area contributed by atoms with Crippen molar-refractivity contribution in [1.82, 2.24) is 0 Å². The van der Waals surface area contributed by atoms with Gasteiger partial charge < -0.3 is 9.47 Å². The second kappa shape index (κ2) is 12.0. The van der Waals surface area contributed by atoms with Crippen LogP contribution in [0.4, 0.5) is 0 Å². The molecule has 0 heterocycles. The summed E-state index contributed by atoms with van der Waals surface area (Å²) in [4.78, 5) is 24.4. The number of esters is 2. The lowest BCUT2D eigenvalue weighted by atomic mass is 9.90. The smallest absolute Gasteiger partial charge is 0.331 e. The Labute approximate surface area is 201 Å². The summed E-state index contributed by atoms with van der Waals surface area (Å²) in [7, 11) is 0. The number of ether oxygens (including phenoxy) is 2. The maximum Gasteiger partial charge on any atom is 0.331 e. The number of carbonyl (C=O) groups is 2. The highest BCUT2D eigenvalue weighted by molar-refractivity contribution is 5.85. The van der Waals surface area contributed by atoms with Crippen molar-refractivity contribution in [2.45, 2.75) is 38.5 Å². The summed E-state index contributed by atoms with van der Waals surface area (Å²) in [5.41, 5.74) is 6.78. The highest BCUT2D eigenvalue weighted by Crippen LogP contribution is 2.30. The molecule has 0 N–H and O–H groups in total. The van der Waals surface area contributed by atoms with Crippen molar-refractivity contribution in [3.05, 3.63) is 107 Å². The van der Waals surface area contributed by atoms with Crippen molar-refractivity contribution in [2.75, 3.05) is 13.2 Å². The lowest BCUT2D eigenvalue weighted by molar-refractivity contribution is -0.146. The van der Waals surface area contributed by atoms with Crippen LogP contribution in [0.2, 0.25) is 0 Å². The fourth-order valence-corrected chi connectivity index (χ4v) is 4.36. The Morgan fingerprint density at radius 1 is 0.618 bits per heavy atom. The van der Waals surface area contributed by atoms with Gasteiger partial charge in [-0.2, -0.15) is 0 Å². The van der Waals surface area contributed by atoms with E-state index in [4.69, 9.17) is 9.47 Å². The lowest BCUT2D eigenvalue weighted by Gasteiger charge is -2.15.